The molecule has 0 unspecified atom stereocenters. The van der Waals surface area contributed by atoms with Gasteiger partial charge in [-0.25, -0.2) is 0 Å². The van der Waals surface area contributed by atoms with Gasteiger partial charge in [-0.3, -0.25) is 4.98 Å². The molecule has 0 saturated heterocycles. The van der Waals surface area contributed by atoms with E-state index in [2.05, 4.69) is 27.6 Å². The Morgan fingerprint density at radius 1 is 1.33 bits per heavy atom. The SMILES string of the molecule is Clc1cccc2ncc(I)cc12. The Morgan fingerprint density at radius 3 is 3.00 bits per heavy atom. The number of hydrogen-bond acceptors (Lipinski definition) is 1. The van der Waals surface area contributed by atoms with Crippen LogP contribution < -0.4 is 0 Å². The lowest BCUT2D eigenvalue weighted by Gasteiger charge is -1.98. The van der Waals surface area contributed by atoms with Crippen LogP contribution in [0.4, 0.5) is 0 Å². The number of fused-ring (bicyclic) bond motifs is 1. The molecule has 12 heavy (non-hydrogen) atoms. The molecule has 0 atom stereocenters. The van der Waals surface area contributed by atoms with Gasteiger partial charge in [0.15, 0.2) is 0 Å². The van der Waals surface area contributed by atoms with E-state index in [-0.39, 0.29) is 0 Å². The van der Waals surface area contributed by atoms with E-state index >= 15 is 0 Å². The Morgan fingerprint density at radius 2 is 2.17 bits per heavy atom. The van der Waals surface area contributed by atoms with Crippen molar-refractivity contribution in [2.75, 3.05) is 0 Å². The highest BCUT2D eigenvalue weighted by Gasteiger charge is 1.98. The van der Waals surface area contributed by atoms with Crippen molar-refractivity contribution >= 4 is 45.1 Å². The average molecular weight is 290 g/mol. The van der Waals surface area contributed by atoms with Crippen LogP contribution in [0.3, 0.4) is 0 Å². The third-order valence-electron chi connectivity index (χ3n) is 1.64. The Kier molecular flexibility index (Phi) is 2.19. The zero-order valence-electron chi connectivity index (χ0n) is 6.09. The minimum absolute atomic E-state index is 0.763. The van der Waals surface area contributed by atoms with E-state index in [0.29, 0.717) is 0 Å². The van der Waals surface area contributed by atoms with Crippen molar-refractivity contribution in [1.29, 1.82) is 0 Å². The molecule has 1 aromatic carbocycles. The molecule has 0 amide bonds. The maximum atomic E-state index is 5.99. The largest absolute Gasteiger partial charge is 0.255 e. The van der Waals surface area contributed by atoms with Crippen molar-refractivity contribution in [3.05, 3.63) is 39.1 Å². The second-order valence-electron chi connectivity index (χ2n) is 2.46. The molecule has 0 spiro atoms. The fourth-order valence-corrected chi connectivity index (χ4v) is 1.76. The molecule has 1 heterocycles. The van der Waals surface area contributed by atoms with E-state index in [9.17, 15) is 0 Å². The predicted molar refractivity (Wildman–Crippen MR) is 59.5 cm³/mol. The summed E-state index contributed by atoms with van der Waals surface area (Å²) in [5.41, 5.74) is 0.947. The van der Waals surface area contributed by atoms with Crippen molar-refractivity contribution in [2.45, 2.75) is 0 Å². The second kappa shape index (κ2) is 3.18. The molecule has 0 fully saturated rings. The van der Waals surface area contributed by atoms with Gasteiger partial charge in [-0.05, 0) is 40.8 Å². The van der Waals surface area contributed by atoms with Crippen LogP contribution in [0.1, 0.15) is 0 Å². The first kappa shape index (κ1) is 8.26. The van der Waals surface area contributed by atoms with E-state index in [1.165, 1.54) is 0 Å². The van der Waals surface area contributed by atoms with Gasteiger partial charge >= 0.3 is 0 Å². The smallest absolute Gasteiger partial charge is 0.0717 e. The summed E-state index contributed by atoms with van der Waals surface area (Å²) in [6.45, 7) is 0. The molecule has 1 aromatic heterocycles. The summed E-state index contributed by atoms with van der Waals surface area (Å²) >= 11 is 8.21. The average Bonchev–Trinajstić information content (AvgIpc) is 2.07. The standard InChI is InChI=1S/C9H5ClIN/c10-8-2-1-3-9-7(8)4-6(11)5-12-9/h1-5H. The lowest BCUT2D eigenvalue weighted by Crippen LogP contribution is -1.80. The Balaban J connectivity index is 2.88. The molecule has 0 radical (unpaired) electrons. The summed E-state index contributed by atoms with van der Waals surface area (Å²) < 4.78 is 1.10. The summed E-state index contributed by atoms with van der Waals surface area (Å²) in [6.07, 6.45) is 1.83. The fourth-order valence-electron chi connectivity index (χ4n) is 1.09. The molecule has 0 aliphatic carbocycles. The van der Waals surface area contributed by atoms with Crippen LogP contribution in [0, 0.1) is 3.57 Å². The van der Waals surface area contributed by atoms with Gasteiger partial charge < -0.3 is 0 Å². The first-order valence-corrected chi connectivity index (χ1v) is 4.93. The van der Waals surface area contributed by atoms with E-state index < -0.39 is 0 Å². The van der Waals surface area contributed by atoms with Crippen molar-refractivity contribution < 1.29 is 0 Å². The van der Waals surface area contributed by atoms with E-state index in [1.807, 2.05) is 30.5 Å². The van der Waals surface area contributed by atoms with Gasteiger partial charge in [-0.15, -0.1) is 0 Å². The van der Waals surface area contributed by atoms with Gasteiger partial charge in [0.1, 0.15) is 0 Å². The summed E-state index contributed by atoms with van der Waals surface area (Å²) in [4.78, 5) is 4.25. The minimum atomic E-state index is 0.763. The highest BCUT2D eigenvalue weighted by atomic mass is 127. The van der Waals surface area contributed by atoms with Gasteiger partial charge in [0.2, 0.25) is 0 Å². The summed E-state index contributed by atoms with van der Waals surface area (Å²) in [7, 11) is 0. The molecule has 0 saturated carbocycles. The molecule has 3 heteroatoms. The van der Waals surface area contributed by atoms with Gasteiger partial charge in [-0.1, -0.05) is 17.7 Å². The van der Waals surface area contributed by atoms with Crippen LogP contribution in [0.15, 0.2) is 30.5 Å². The third-order valence-corrected chi connectivity index (χ3v) is 2.56. The summed E-state index contributed by atoms with van der Waals surface area (Å²) in [5.74, 6) is 0. The number of aromatic nitrogens is 1. The first-order chi connectivity index (χ1) is 5.77. The van der Waals surface area contributed by atoms with Crippen LogP contribution in [-0.4, -0.2) is 4.98 Å². The van der Waals surface area contributed by atoms with Gasteiger partial charge in [0, 0.05) is 20.2 Å². The van der Waals surface area contributed by atoms with Crippen molar-refractivity contribution in [3.63, 3.8) is 0 Å². The minimum Gasteiger partial charge on any atom is -0.255 e. The molecule has 60 valence electrons. The van der Waals surface area contributed by atoms with E-state index in [4.69, 9.17) is 11.6 Å². The topological polar surface area (TPSA) is 12.9 Å². The normalized spacial score (nSPS) is 10.5. The number of nitrogens with zero attached hydrogens (tertiary/aromatic N) is 1. The number of pyridine rings is 1. The zero-order chi connectivity index (χ0) is 8.55. The number of hydrogen-bond donors (Lipinski definition) is 0. The molecule has 0 aliphatic heterocycles. The van der Waals surface area contributed by atoms with Gasteiger partial charge in [0.05, 0.1) is 5.52 Å². The number of benzene rings is 1. The van der Waals surface area contributed by atoms with Gasteiger partial charge in [0.25, 0.3) is 0 Å². The molecular weight excluding hydrogens is 284 g/mol. The predicted octanol–water partition coefficient (Wildman–Crippen LogP) is 3.49. The maximum absolute atomic E-state index is 5.99. The van der Waals surface area contributed by atoms with E-state index in [0.717, 1.165) is 19.5 Å². The molecular formula is C9H5ClIN. The van der Waals surface area contributed by atoms with Crippen LogP contribution in [-0.2, 0) is 0 Å². The highest BCUT2D eigenvalue weighted by molar-refractivity contribution is 14.1. The third kappa shape index (κ3) is 1.41. The van der Waals surface area contributed by atoms with Crippen molar-refractivity contribution in [3.8, 4) is 0 Å². The zero-order valence-corrected chi connectivity index (χ0v) is 9.00. The first-order valence-electron chi connectivity index (χ1n) is 3.47. The Labute approximate surface area is 88.9 Å². The molecule has 0 aliphatic rings. The molecule has 1 nitrogen and oxygen atoms in total. The lowest BCUT2D eigenvalue weighted by atomic mass is 10.2. The second-order valence-corrected chi connectivity index (χ2v) is 4.11. The van der Waals surface area contributed by atoms with E-state index in [1.54, 1.807) is 0 Å². The lowest BCUT2D eigenvalue weighted by molar-refractivity contribution is 1.39. The van der Waals surface area contributed by atoms with Crippen LogP contribution in [0.25, 0.3) is 10.9 Å². The van der Waals surface area contributed by atoms with Crippen LogP contribution in [0.2, 0.25) is 5.02 Å². The fraction of sp³-hybridized carbons (Fsp3) is 0. The van der Waals surface area contributed by atoms with Crippen LogP contribution >= 0.6 is 34.2 Å². The summed E-state index contributed by atoms with van der Waals surface area (Å²) in [6, 6.07) is 7.77. The van der Waals surface area contributed by atoms with Crippen LogP contribution in [0.5, 0.6) is 0 Å². The van der Waals surface area contributed by atoms with Gasteiger partial charge in [-0.2, -0.15) is 0 Å². The molecule has 0 bridgehead atoms. The number of rotatable bonds is 0. The maximum Gasteiger partial charge on any atom is 0.0717 e. The quantitative estimate of drug-likeness (QED) is 0.677. The molecule has 0 N–H and O–H groups in total. The molecule has 2 rings (SSSR count). The van der Waals surface area contributed by atoms with Crippen molar-refractivity contribution in [1.82, 2.24) is 4.98 Å². The molecule has 2 aromatic rings. The Hall–Kier alpha value is -0.350. The number of halogens is 2. The van der Waals surface area contributed by atoms with Crippen molar-refractivity contribution in [2.24, 2.45) is 0 Å². The highest BCUT2D eigenvalue weighted by Crippen LogP contribution is 2.22. The Bertz CT molecular complexity index is 428. The summed E-state index contributed by atoms with van der Waals surface area (Å²) in [5, 5.41) is 1.78. The monoisotopic (exact) mass is 289 g/mol.